The van der Waals surface area contributed by atoms with E-state index in [0.717, 1.165) is 0 Å². The molecular weight excluding hydrogens is 397 g/mol. The molecule has 8 nitrogen and oxygen atoms in total. The van der Waals surface area contributed by atoms with Crippen molar-refractivity contribution in [2.45, 2.75) is 19.4 Å². The fraction of sp³-hybridized carbons (Fsp3) is 0.136. The van der Waals surface area contributed by atoms with Gasteiger partial charge in [-0.25, -0.2) is 18.9 Å². The summed E-state index contributed by atoms with van der Waals surface area (Å²) in [6.07, 6.45) is 4.33. The number of benzene rings is 2. The van der Waals surface area contributed by atoms with Crippen molar-refractivity contribution in [1.82, 2.24) is 24.5 Å². The molecule has 0 amide bonds. The number of aromatic amines is 1. The van der Waals surface area contributed by atoms with Gasteiger partial charge in [0.05, 0.1) is 24.1 Å². The number of anilines is 1. The Labute approximate surface area is 175 Å². The molecule has 0 aliphatic rings. The van der Waals surface area contributed by atoms with E-state index in [1.807, 2.05) is 34.9 Å². The summed E-state index contributed by atoms with van der Waals surface area (Å²) >= 11 is 0. The maximum atomic E-state index is 14.4. The molecule has 0 fully saturated rings. The molecule has 0 radical (unpaired) electrons. The minimum Gasteiger partial charge on any atom is -0.336 e. The zero-order valence-corrected chi connectivity index (χ0v) is 16.5. The highest BCUT2D eigenvalue weighted by atomic mass is 19.1. The molecule has 3 N–H and O–H groups in total. The number of halogens is 1. The quantitative estimate of drug-likeness (QED) is 0.428. The molecule has 5 rings (SSSR count). The third-order valence-corrected chi connectivity index (χ3v) is 5.23. The Morgan fingerprint density at radius 1 is 1.10 bits per heavy atom. The summed E-state index contributed by atoms with van der Waals surface area (Å²) in [6.45, 7) is 0.569. The highest BCUT2D eigenvalue weighted by Crippen LogP contribution is 2.17. The van der Waals surface area contributed by atoms with Crippen molar-refractivity contribution < 1.29 is 8.96 Å². The predicted octanol–water partition coefficient (Wildman–Crippen LogP) is 2.30. The summed E-state index contributed by atoms with van der Waals surface area (Å²) in [5.41, 5.74) is 8.04. The summed E-state index contributed by atoms with van der Waals surface area (Å²) < 4.78 is 17.7. The molecule has 3 heterocycles. The second-order valence-electron chi connectivity index (χ2n) is 7.17. The first-order valence-corrected chi connectivity index (χ1v) is 9.86. The van der Waals surface area contributed by atoms with Gasteiger partial charge in [0, 0.05) is 6.42 Å². The fourth-order valence-corrected chi connectivity index (χ4v) is 3.74. The number of nitrogen functional groups attached to an aromatic ring is 1. The molecule has 5 aromatic rings. The number of nitrogens with zero attached hydrogens (tertiary/aromatic N) is 5. The molecule has 0 atom stereocenters. The van der Waals surface area contributed by atoms with Crippen LogP contribution in [0.1, 0.15) is 12.2 Å². The van der Waals surface area contributed by atoms with Gasteiger partial charge in [0.25, 0.3) is 11.2 Å². The Hall–Kier alpha value is -4.14. The van der Waals surface area contributed by atoms with Crippen molar-refractivity contribution in [2.75, 3.05) is 5.73 Å². The third kappa shape index (κ3) is 3.29. The number of nitrogens with one attached hydrogen (secondary N) is 1. The third-order valence-electron chi connectivity index (χ3n) is 5.23. The number of H-pyrrole nitrogens is 1. The normalized spacial score (nSPS) is 11.4. The van der Waals surface area contributed by atoms with Crippen LogP contribution < -0.4 is 15.9 Å². The van der Waals surface area contributed by atoms with E-state index in [1.165, 1.54) is 10.6 Å². The van der Waals surface area contributed by atoms with E-state index < -0.39 is 11.4 Å². The lowest BCUT2D eigenvalue weighted by atomic mass is 10.2. The lowest BCUT2D eigenvalue weighted by Crippen LogP contribution is -2.38. The van der Waals surface area contributed by atoms with Crippen molar-refractivity contribution in [2.24, 2.45) is 0 Å². The summed E-state index contributed by atoms with van der Waals surface area (Å²) in [5.74, 6) is 0.522. The lowest BCUT2D eigenvalue weighted by molar-refractivity contribution is -0.684. The SMILES string of the molecule is Nc1c2[nH]cnc2nc[n+]1CCCc1nc2cccc(F)c2c(=O)n1-c1ccccc1. The molecule has 9 heteroatoms. The molecule has 0 aliphatic heterocycles. The van der Waals surface area contributed by atoms with Crippen LogP contribution in [0.5, 0.6) is 0 Å². The zero-order valence-electron chi connectivity index (χ0n) is 16.5. The Balaban J connectivity index is 1.52. The molecule has 0 unspecified atom stereocenters. The highest BCUT2D eigenvalue weighted by molar-refractivity contribution is 5.79. The summed E-state index contributed by atoms with van der Waals surface area (Å²) in [5, 5.41) is -0.0115. The van der Waals surface area contributed by atoms with Crippen LogP contribution >= 0.6 is 0 Å². The number of imidazole rings is 1. The molecular formula is C22H19FN7O+. The molecule has 154 valence electrons. The number of aryl methyl sites for hydroxylation is 2. The van der Waals surface area contributed by atoms with Gasteiger partial charge in [0.15, 0.2) is 5.52 Å². The predicted molar refractivity (Wildman–Crippen MR) is 114 cm³/mol. The van der Waals surface area contributed by atoms with Gasteiger partial charge < -0.3 is 10.7 Å². The van der Waals surface area contributed by atoms with Crippen LogP contribution in [0.25, 0.3) is 27.8 Å². The standard InChI is InChI=1S/C22H18FN7O/c23-15-8-4-9-16-18(15)22(31)30(14-6-2-1-3-7-14)17(28-16)10-5-11-29-13-27-21-19(20(29)24)25-12-26-21/h1-4,6-9,12-13H,5,10-11H2,(H2,24,25,26)/p+1. The van der Waals surface area contributed by atoms with E-state index in [9.17, 15) is 9.18 Å². The monoisotopic (exact) mass is 416 g/mol. The second kappa shape index (κ2) is 7.60. The van der Waals surface area contributed by atoms with Gasteiger partial charge in [-0.2, -0.15) is 0 Å². The smallest absolute Gasteiger partial charge is 0.268 e. The van der Waals surface area contributed by atoms with Crippen LogP contribution in [0.3, 0.4) is 0 Å². The number of aromatic nitrogens is 6. The first kappa shape index (κ1) is 18.9. The van der Waals surface area contributed by atoms with Gasteiger partial charge in [-0.1, -0.05) is 29.2 Å². The van der Waals surface area contributed by atoms with Gasteiger partial charge in [0.2, 0.25) is 12.1 Å². The highest BCUT2D eigenvalue weighted by Gasteiger charge is 2.17. The topological polar surface area (TPSA) is 106 Å². The Morgan fingerprint density at radius 2 is 1.94 bits per heavy atom. The number of rotatable bonds is 5. The van der Waals surface area contributed by atoms with Gasteiger partial charge >= 0.3 is 0 Å². The summed E-state index contributed by atoms with van der Waals surface area (Å²) in [4.78, 5) is 29.2. The first-order valence-electron chi connectivity index (χ1n) is 9.86. The summed E-state index contributed by atoms with van der Waals surface area (Å²) in [7, 11) is 0. The number of fused-ring (bicyclic) bond motifs is 2. The van der Waals surface area contributed by atoms with Crippen molar-refractivity contribution in [3.05, 3.63) is 83.2 Å². The Morgan fingerprint density at radius 3 is 2.77 bits per heavy atom. The second-order valence-corrected chi connectivity index (χ2v) is 7.17. The number of hydrogen-bond donors (Lipinski definition) is 2. The van der Waals surface area contributed by atoms with E-state index in [2.05, 4.69) is 19.9 Å². The maximum Gasteiger partial charge on any atom is 0.268 e. The van der Waals surface area contributed by atoms with Crippen molar-refractivity contribution in [1.29, 1.82) is 0 Å². The van der Waals surface area contributed by atoms with Gasteiger partial charge in [-0.15, -0.1) is 0 Å². The van der Waals surface area contributed by atoms with E-state index in [1.54, 1.807) is 24.8 Å². The van der Waals surface area contributed by atoms with Crippen LogP contribution in [0.15, 0.2) is 66.0 Å². The molecule has 0 saturated carbocycles. The van der Waals surface area contributed by atoms with E-state index in [4.69, 9.17) is 5.73 Å². The van der Waals surface area contributed by atoms with Crippen LogP contribution in [-0.4, -0.2) is 24.5 Å². The average molecular weight is 416 g/mol. The Kier molecular flexibility index (Phi) is 4.62. The number of nitrogens with two attached hydrogens (primary N) is 1. The molecule has 0 spiro atoms. The molecule has 31 heavy (non-hydrogen) atoms. The lowest BCUT2D eigenvalue weighted by Gasteiger charge is -2.14. The van der Waals surface area contributed by atoms with Crippen molar-refractivity contribution in [3.63, 3.8) is 0 Å². The van der Waals surface area contributed by atoms with E-state index >= 15 is 0 Å². The van der Waals surface area contributed by atoms with E-state index in [0.29, 0.717) is 53.4 Å². The average Bonchev–Trinajstić information content (AvgIpc) is 3.26. The largest absolute Gasteiger partial charge is 0.336 e. The molecule has 3 aromatic heterocycles. The molecule has 0 bridgehead atoms. The molecule has 0 saturated heterocycles. The van der Waals surface area contributed by atoms with Crippen LogP contribution in [0, 0.1) is 5.82 Å². The maximum absolute atomic E-state index is 14.4. The fourth-order valence-electron chi connectivity index (χ4n) is 3.74. The van der Waals surface area contributed by atoms with E-state index in [-0.39, 0.29) is 5.39 Å². The number of hydrogen-bond acceptors (Lipinski definition) is 5. The molecule has 2 aromatic carbocycles. The zero-order chi connectivity index (χ0) is 21.4. The summed E-state index contributed by atoms with van der Waals surface area (Å²) in [6, 6.07) is 13.6. The Bertz CT molecular complexity index is 1460. The van der Waals surface area contributed by atoms with Crippen LogP contribution in [-0.2, 0) is 13.0 Å². The van der Waals surface area contributed by atoms with Crippen molar-refractivity contribution in [3.8, 4) is 5.69 Å². The first-order chi connectivity index (χ1) is 15.1. The number of para-hydroxylation sites is 1. The van der Waals surface area contributed by atoms with Crippen LogP contribution in [0.4, 0.5) is 10.2 Å². The van der Waals surface area contributed by atoms with Crippen molar-refractivity contribution >= 4 is 27.9 Å². The van der Waals surface area contributed by atoms with Crippen LogP contribution in [0.2, 0.25) is 0 Å². The minimum absolute atomic E-state index is 0.0115. The van der Waals surface area contributed by atoms with Gasteiger partial charge in [-0.05, 0) is 30.7 Å². The van der Waals surface area contributed by atoms with Gasteiger partial charge in [-0.3, -0.25) is 9.36 Å². The molecule has 0 aliphatic carbocycles. The van der Waals surface area contributed by atoms with Gasteiger partial charge in [0.1, 0.15) is 17.0 Å². The minimum atomic E-state index is -0.575.